The molecule has 16 heavy (non-hydrogen) atoms. The summed E-state index contributed by atoms with van der Waals surface area (Å²) in [6.07, 6.45) is 5.13. The van der Waals surface area contributed by atoms with E-state index in [1.807, 2.05) is 0 Å². The smallest absolute Gasteiger partial charge is 0.229 e. The van der Waals surface area contributed by atoms with Gasteiger partial charge >= 0.3 is 0 Å². The second-order valence-electron chi connectivity index (χ2n) is 2.98. The van der Waals surface area contributed by atoms with Crippen molar-refractivity contribution in [3.8, 4) is 12.3 Å². The Kier molecular flexibility index (Phi) is 4.33. The molecule has 0 N–H and O–H groups in total. The molecule has 0 saturated heterocycles. The highest BCUT2D eigenvalue weighted by Crippen LogP contribution is 2.29. The topological polar surface area (TPSA) is 50.3 Å². The first kappa shape index (κ1) is 13.5. The SMILES string of the molecule is C#CCN(CC)S(=O)(=O)c1sc(Cl)nc1C. The maximum Gasteiger partial charge on any atom is 0.255 e. The van der Waals surface area contributed by atoms with Crippen molar-refractivity contribution < 1.29 is 8.42 Å². The van der Waals surface area contributed by atoms with Gasteiger partial charge in [0.1, 0.15) is 0 Å². The van der Waals surface area contributed by atoms with E-state index in [9.17, 15) is 8.42 Å². The molecular formula is C9H11ClN2O2S2. The van der Waals surface area contributed by atoms with Crippen LogP contribution in [0.4, 0.5) is 0 Å². The number of sulfonamides is 1. The molecular weight excluding hydrogens is 268 g/mol. The van der Waals surface area contributed by atoms with Crippen LogP contribution in [0.5, 0.6) is 0 Å². The molecule has 0 spiro atoms. The second-order valence-corrected chi connectivity index (χ2v) is 6.69. The van der Waals surface area contributed by atoms with Crippen molar-refractivity contribution in [2.45, 2.75) is 18.1 Å². The molecule has 88 valence electrons. The van der Waals surface area contributed by atoms with Crippen LogP contribution in [0.15, 0.2) is 4.21 Å². The van der Waals surface area contributed by atoms with Crippen LogP contribution in [0.1, 0.15) is 12.6 Å². The molecule has 0 saturated carbocycles. The van der Waals surface area contributed by atoms with Crippen LogP contribution >= 0.6 is 22.9 Å². The molecule has 1 aromatic heterocycles. The van der Waals surface area contributed by atoms with Gasteiger partial charge in [-0.25, -0.2) is 13.4 Å². The van der Waals surface area contributed by atoms with Gasteiger partial charge in [0, 0.05) is 6.54 Å². The highest BCUT2D eigenvalue weighted by Gasteiger charge is 2.27. The van der Waals surface area contributed by atoms with Gasteiger partial charge in [0.2, 0.25) is 0 Å². The van der Waals surface area contributed by atoms with E-state index in [2.05, 4.69) is 10.9 Å². The van der Waals surface area contributed by atoms with Crippen molar-refractivity contribution in [3.63, 3.8) is 0 Å². The van der Waals surface area contributed by atoms with Crippen LogP contribution in [0, 0.1) is 19.3 Å². The molecule has 1 aromatic rings. The summed E-state index contributed by atoms with van der Waals surface area (Å²) in [5, 5.41) is 0. The molecule has 0 amide bonds. The van der Waals surface area contributed by atoms with E-state index >= 15 is 0 Å². The predicted molar refractivity (Wildman–Crippen MR) is 65.1 cm³/mol. The van der Waals surface area contributed by atoms with Crippen LogP contribution in [0.2, 0.25) is 4.47 Å². The van der Waals surface area contributed by atoms with Gasteiger partial charge in [0.05, 0.1) is 12.2 Å². The van der Waals surface area contributed by atoms with Crippen LogP contribution in [0.25, 0.3) is 0 Å². The molecule has 1 heterocycles. The fourth-order valence-electron chi connectivity index (χ4n) is 1.18. The van der Waals surface area contributed by atoms with Gasteiger partial charge in [-0.3, -0.25) is 0 Å². The Labute approximate surface area is 104 Å². The highest BCUT2D eigenvalue weighted by molar-refractivity contribution is 7.91. The lowest BCUT2D eigenvalue weighted by atomic mass is 10.6. The molecule has 0 unspecified atom stereocenters. The fourth-order valence-corrected chi connectivity index (χ4v) is 4.41. The van der Waals surface area contributed by atoms with E-state index in [4.69, 9.17) is 18.0 Å². The van der Waals surface area contributed by atoms with Crippen molar-refractivity contribution >= 4 is 33.0 Å². The summed E-state index contributed by atoms with van der Waals surface area (Å²) in [5.74, 6) is 2.32. The van der Waals surface area contributed by atoms with E-state index < -0.39 is 10.0 Å². The third-order valence-corrected chi connectivity index (χ3v) is 5.69. The quantitative estimate of drug-likeness (QED) is 0.789. The van der Waals surface area contributed by atoms with Crippen molar-refractivity contribution in [1.82, 2.24) is 9.29 Å². The summed E-state index contributed by atoms with van der Waals surface area (Å²) in [7, 11) is -3.56. The summed E-state index contributed by atoms with van der Waals surface area (Å²) in [6.45, 7) is 3.71. The number of terminal acetylenes is 1. The lowest BCUT2D eigenvalue weighted by Crippen LogP contribution is -2.31. The number of hydrogen-bond acceptors (Lipinski definition) is 4. The highest BCUT2D eigenvalue weighted by atomic mass is 35.5. The number of aryl methyl sites for hydroxylation is 1. The first-order valence-electron chi connectivity index (χ1n) is 4.50. The van der Waals surface area contributed by atoms with E-state index in [0.717, 1.165) is 11.3 Å². The molecule has 4 nitrogen and oxygen atoms in total. The Morgan fingerprint density at radius 1 is 1.62 bits per heavy atom. The minimum absolute atomic E-state index is 0.0494. The van der Waals surface area contributed by atoms with Crippen LogP contribution in [0.3, 0.4) is 0 Å². The summed E-state index contributed by atoms with van der Waals surface area (Å²) >= 11 is 6.63. The normalized spacial score (nSPS) is 11.7. The Morgan fingerprint density at radius 3 is 2.62 bits per heavy atom. The van der Waals surface area contributed by atoms with Gasteiger partial charge in [-0.1, -0.05) is 35.8 Å². The molecule has 1 rings (SSSR count). The van der Waals surface area contributed by atoms with Crippen LogP contribution in [-0.4, -0.2) is 30.8 Å². The molecule has 0 aliphatic heterocycles. The average molecular weight is 279 g/mol. The van der Waals surface area contributed by atoms with Gasteiger partial charge in [-0.2, -0.15) is 4.31 Å². The Hall–Kier alpha value is -0.610. The van der Waals surface area contributed by atoms with Crippen LogP contribution in [-0.2, 0) is 10.0 Å². The van der Waals surface area contributed by atoms with E-state index in [-0.39, 0.29) is 15.2 Å². The minimum atomic E-state index is -3.56. The summed E-state index contributed by atoms with van der Waals surface area (Å²) in [6, 6.07) is 0. The number of hydrogen-bond donors (Lipinski definition) is 0. The summed E-state index contributed by atoms with van der Waals surface area (Å²) in [5.41, 5.74) is 0.408. The molecule has 0 aromatic carbocycles. The number of halogens is 1. The molecule has 0 aliphatic carbocycles. The Morgan fingerprint density at radius 2 is 2.25 bits per heavy atom. The molecule has 0 aliphatic rings. The van der Waals surface area contributed by atoms with Crippen molar-refractivity contribution in [3.05, 3.63) is 10.2 Å². The van der Waals surface area contributed by atoms with Gasteiger partial charge in [-0.15, -0.1) is 6.42 Å². The summed E-state index contributed by atoms with van der Waals surface area (Å²) in [4.78, 5) is 3.88. The van der Waals surface area contributed by atoms with E-state index in [1.165, 1.54) is 4.31 Å². The zero-order valence-corrected chi connectivity index (χ0v) is 11.3. The second kappa shape index (κ2) is 5.15. The molecule has 0 fully saturated rings. The molecule has 7 heteroatoms. The first-order chi connectivity index (χ1) is 7.43. The largest absolute Gasteiger partial charge is 0.255 e. The van der Waals surface area contributed by atoms with Gasteiger partial charge in [0.25, 0.3) is 10.0 Å². The van der Waals surface area contributed by atoms with Crippen molar-refractivity contribution in [2.75, 3.05) is 13.1 Å². The Balaban J connectivity index is 3.21. The van der Waals surface area contributed by atoms with E-state index in [1.54, 1.807) is 13.8 Å². The van der Waals surface area contributed by atoms with Gasteiger partial charge in [-0.05, 0) is 6.92 Å². The van der Waals surface area contributed by atoms with Crippen molar-refractivity contribution in [1.29, 1.82) is 0 Å². The standard InChI is InChI=1S/C9H11ClN2O2S2/c1-4-6-12(5-2)16(13,14)8-7(3)11-9(10)15-8/h1H,5-6H2,2-3H3. The summed E-state index contributed by atoms with van der Waals surface area (Å²) < 4.78 is 25.8. The average Bonchev–Trinajstić information content (AvgIpc) is 2.54. The monoisotopic (exact) mass is 278 g/mol. The van der Waals surface area contributed by atoms with E-state index in [0.29, 0.717) is 12.2 Å². The van der Waals surface area contributed by atoms with Crippen molar-refractivity contribution in [2.24, 2.45) is 0 Å². The van der Waals surface area contributed by atoms with Crippen LogP contribution < -0.4 is 0 Å². The minimum Gasteiger partial charge on any atom is -0.229 e. The predicted octanol–water partition coefficient (Wildman–Crippen LogP) is 1.75. The third-order valence-electron chi connectivity index (χ3n) is 1.92. The lowest BCUT2D eigenvalue weighted by molar-refractivity contribution is 0.465. The third kappa shape index (κ3) is 2.55. The molecule has 0 radical (unpaired) electrons. The fraction of sp³-hybridized carbons (Fsp3) is 0.444. The Bertz CT molecular complexity index is 516. The lowest BCUT2D eigenvalue weighted by Gasteiger charge is -2.16. The number of rotatable bonds is 4. The zero-order chi connectivity index (χ0) is 12.3. The maximum atomic E-state index is 12.1. The number of nitrogens with zero attached hydrogens (tertiary/aromatic N) is 2. The van der Waals surface area contributed by atoms with Gasteiger partial charge < -0.3 is 0 Å². The molecule has 0 bridgehead atoms. The number of aromatic nitrogens is 1. The zero-order valence-electron chi connectivity index (χ0n) is 8.90. The maximum absolute atomic E-state index is 12.1. The molecule has 0 atom stereocenters. The first-order valence-corrected chi connectivity index (χ1v) is 7.13. The number of thiazole rings is 1. The van der Waals surface area contributed by atoms with Gasteiger partial charge in [0.15, 0.2) is 8.68 Å².